The minimum absolute atomic E-state index is 0.416. The second kappa shape index (κ2) is 6.20. The predicted octanol–water partition coefficient (Wildman–Crippen LogP) is 2.80. The van der Waals surface area contributed by atoms with E-state index in [1.807, 2.05) is 12.1 Å². The Hall–Kier alpha value is -1.89. The van der Waals surface area contributed by atoms with Gasteiger partial charge in [-0.05, 0) is 19.2 Å². The molecule has 0 atom stereocenters. The van der Waals surface area contributed by atoms with Crippen LogP contribution >= 0.6 is 11.3 Å². The molecule has 1 aromatic carbocycles. The quantitative estimate of drug-likeness (QED) is 0.791. The fourth-order valence-electron chi connectivity index (χ4n) is 3.46. The lowest BCUT2D eigenvalue weighted by Gasteiger charge is -2.32. The highest BCUT2D eigenvalue weighted by molar-refractivity contribution is 7.20. The second-order valence-electron chi connectivity index (χ2n) is 6.45. The molecule has 1 fully saturated rings. The van der Waals surface area contributed by atoms with Crippen LogP contribution in [0.4, 0.5) is 0 Å². The number of aromatic nitrogens is 1. The minimum atomic E-state index is -0.842. The predicted molar refractivity (Wildman–Crippen MR) is 98.2 cm³/mol. The number of piperazine rings is 1. The van der Waals surface area contributed by atoms with Crippen LogP contribution < -0.4 is 0 Å². The Morgan fingerprint density at radius 3 is 2.62 bits per heavy atom. The number of hydrogen-bond donors (Lipinski definition) is 1. The average molecular weight is 343 g/mol. The number of fused-ring (bicyclic) bond motifs is 3. The first-order chi connectivity index (χ1) is 11.6. The lowest BCUT2D eigenvalue weighted by atomic mass is 10.2. The van der Waals surface area contributed by atoms with E-state index in [0.717, 1.165) is 54.9 Å². The van der Waals surface area contributed by atoms with Crippen LogP contribution in [0, 0.1) is 0 Å². The average Bonchev–Trinajstić information content (AvgIpc) is 3.13. The van der Waals surface area contributed by atoms with E-state index in [1.54, 1.807) is 0 Å². The van der Waals surface area contributed by atoms with Gasteiger partial charge < -0.3 is 14.6 Å². The molecule has 0 radical (unpaired) electrons. The van der Waals surface area contributed by atoms with Gasteiger partial charge in [-0.2, -0.15) is 0 Å². The van der Waals surface area contributed by atoms with E-state index in [1.165, 1.54) is 16.9 Å². The molecule has 1 aliphatic heterocycles. The molecule has 24 heavy (non-hydrogen) atoms. The summed E-state index contributed by atoms with van der Waals surface area (Å²) in [7, 11) is 2.17. The third-order valence-electron chi connectivity index (χ3n) is 4.89. The maximum absolute atomic E-state index is 11.3. The first-order valence-corrected chi connectivity index (χ1v) is 9.10. The van der Waals surface area contributed by atoms with Crippen molar-refractivity contribution in [2.24, 2.45) is 0 Å². The van der Waals surface area contributed by atoms with Crippen molar-refractivity contribution >= 4 is 38.4 Å². The Bertz CT molecular complexity index is 890. The van der Waals surface area contributed by atoms with Crippen molar-refractivity contribution in [2.75, 3.05) is 39.8 Å². The van der Waals surface area contributed by atoms with Crippen LogP contribution in [0.5, 0.6) is 0 Å². The molecule has 0 unspecified atom stereocenters. The van der Waals surface area contributed by atoms with Crippen LogP contribution in [0.2, 0.25) is 0 Å². The topological polar surface area (TPSA) is 48.7 Å². The first-order valence-electron chi connectivity index (χ1n) is 8.28. The largest absolute Gasteiger partial charge is 0.477 e. The lowest BCUT2D eigenvalue weighted by Crippen LogP contribution is -2.45. The second-order valence-corrected chi connectivity index (χ2v) is 7.48. The molecule has 2 aromatic heterocycles. The smallest absolute Gasteiger partial charge is 0.345 e. The molecule has 6 heteroatoms. The third kappa shape index (κ3) is 2.70. The van der Waals surface area contributed by atoms with Crippen LogP contribution in [0.25, 0.3) is 21.1 Å². The normalized spacial score (nSPS) is 17.0. The fraction of sp³-hybridized carbons (Fsp3) is 0.389. The summed E-state index contributed by atoms with van der Waals surface area (Å²) in [4.78, 5) is 17.7. The number of thiophene rings is 1. The molecule has 3 heterocycles. The van der Waals surface area contributed by atoms with Gasteiger partial charge in [0.2, 0.25) is 0 Å². The van der Waals surface area contributed by atoms with Crippen LogP contribution in [-0.4, -0.2) is 65.2 Å². The summed E-state index contributed by atoms with van der Waals surface area (Å²) in [5, 5.41) is 11.5. The van der Waals surface area contributed by atoms with E-state index in [0.29, 0.717) is 4.88 Å². The number of aromatic carboxylic acids is 1. The first kappa shape index (κ1) is 15.6. The summed E-state index contributed by atoms with van der Waals surface area (Å²) >= 11 is 1.38. The van der Waals surface area contributed by atoms with Gasteiger partial charge in [0.15, 0.2) is 0 Å². The van der Waals surface area contributed by atoms with Crippen LogP contribution in [-0.2, 0) is 6.54 Å². The summed E-state index contributed by atoms with van der Waals surface area (Å²) < 4.78 is 2.29. The van der Waals surface area contributed by atoms with E-state index in [2.05, 4.69) is 39.6 Å². The fourth-order valence-corrected chi connectivity index (χ4v) is 4.51. The van der Waals surface area contributed by atoms with Crippen LogP contribution in [0.1, 0.15) is 9.67 Å². The van der Waals surface area contributed by atoms with E-state index >= 15 is 0 Å². The Labute approximate surface area is 144 Å². The molecule has 0 amide bonds. The number of carboxylic acids is 1. The van der Waals surface area contributed by atoms with E-state index < -0.39 is 5.97 Å². The highest BCUT2D eigenvalue weighted by Crippen LogP contribution is 2.35. The Morgan fingerprint density at radius 1 is 1.12 bits per heavy atom. The molecule has 4 rings (SSSR count). The molecule has 0 aliphatic carbocycles. The number of hydrogen-bond acceptors (Lipinski definition) is 4. The monoisotopic (exact) mass is 343 g/mol. The van der Waals surface area contributed by atoms with Crippen molar-refractivity contribution in [1.29, 1.82) is 0 Å². The van der Waals surface area contributed by atoms with Crippen LogP contribution in [0.3, 0.4) is 0 Å². The number of nitrogens with zero attached hydrogens (tertiary/aromatic N) is 3. The molecule has 0 bridgehead atoms. The SMILES string of the molecule is CN1CCN(CCn2c3ccccc3c3cc(C(=O)O)sc32)CC1. The Morgan fingerprint density at radius 2 is 1.88 bits per heavy atom. The molecule has 0 saturated carbocycles. The van der Waals surface area contributed by atoms with Crippen molar-refractivity contribution in [3.63, 3.8) is 0 Å². The number of rotatable bonds is 4. The van der Waals surface area contributed by atoms with Gasteiger partial charge in [0, 0.05) is 55.6 Å². The van der Waals surface area contributed by atoms with Gasteiger partial charge in [-0.15, -0.1) is 11.3 Å². The Balaban J connectivity index is 1.68. The molecule has 5 nitrogen and oxygen atoms in total. The highest BCUT2D eigenvalue weighted by Gasteiger charge is 2.18. The Kier molecular flexibility index (Phi) is 4.04. The zero-order valence-corrected chi connectivity index (χ0v) is 14.6. The molecular formula is C18H21N3O2S. The van der Waals surface area contributed by atoms with Crippen molar-refractivity contribution < 1.29 is 9.90 Å². The molecule has 0 spiro atoms. The zero-order chi connectivity index (χ0) is 16.7. The standard InChI is InChI=1S/C18H21N3O2S/c1-19-6-8-20(9-7-19)10-11-21-15-5-3-2-4-13(15)14-12-16(18(22)23)24-17(14)21/h2-5,12H,6-11H2,1H3,(H,22,23). The summed E-state index contributed by atoms with van der Waals surface area (Å²) in [6.07, 6.45) is 0. The van der Waals surface area contributed by atoms with E-state index in [-0.39, 0.29) is 0 Å². The van der Waals surface area contributed by atoms with Gasteiger partial charge in [0.25, 0.3) is 0 Å². The summed E-state index contributed by atoms with van der Waals surface area (Å²) in [5.74, 6) is -0.842. The third-order valence-corrected chi connectivity index (χ3v) is 6.04. The van der Waals surface area contributed by atoms with Gasteiger partial charge in [0.05, 0.1) is 0 Å². The van der Waals surface area contributed by atoms with Gasteiger partial charge >= 0.3 is 5.97 Å². The van der Waals surface area contributed by atoms with Crippen molar-refractivity contribution in [3.05, 3.63) is 35.2 Å². The van der Waals surface area contributed by atoms with Crippen LogP contribution in [0.15, 0.2) is 30.3 Å². The number of likely N-dealkylation sites (N-methyl/N-ethyl adjacent to an activating group) is 1. The number of carbonyl (C=O) groups is 1. The summed E-state index contributed by atoms with van der Waals surface area (Å²) in [6, 6.07) is 10.1. The molecule has 3 aromatic rings. The van der Waals surface area contributed by atoms with Gasteiger partial charge in [-0.25, -0.2) is 4.79 Å². The maximum atomic E-state index is 11.3. The number of para-hydroxylation sites is 1. The molecular weight excluding hydrogens is 322 g/mol. The van der Waals surface area contributed by atoms with Crippen molar-refractivity contribution in [1.82, 2.24) is 14.4 Å². The molecule has 126 valence electrons. The highest BCUT2D eigenvalue weighted by atomic mass is 32.1. The number of benzene rings is 1. The van der Waals surface area contributed by atoms with Crippen molar-refractivity contribution in [3.8, 4) is 0 Å². The number of carboxylic acid groups (broad SMARTS) is 1. The summed E-state index contributed by atoms with van der Waals surface area (Å²) in [5.41, 5.74) is 1.20. The van der Waals surface area contributed by atoms with E-state index in [9.17, 15) is 9.90 Å². The lowest BCUT2D eigenvalue weighted by molar-refractivity contribution is 0.0702. The molecule has 1 N–H and O–H groups in total. The molecule has 1 aliphatic rings. The minimum Gasteiger partial charge on any atom is -0.477 e. The van der Waals surface area contributed by atoms with Gasteiger partial charge in [0.1, 0.15) is 9.71 Å². The van der Waals surface area contributed by atoms with Gasteiger partial charge in [-0.1, -0.05) is 18.2 Å². The van der Waals surface area contributed by atoms with E-state index in [4.69, 9.17) is 0 Å². The zero-order valence-electron chi connectivity index (χ0n) is 13.7. The van der Waals surface area contributed by atoms with Gasteiger partial charge in [-0.3, -0.25) is 4.90 Å². The maximum Gasteiger partial charge on any atom is 0.345 e. The summed E-state index contributed by atoms with van der Waals surface area (Å²) in [6.45, 7) is 6.33. The molecule has 1 saturated heterocycles. The van der Waals surface area contributed by atoms with Crippen molar-refractivity contribution in [2.45, 2.75) is 6.54 Å².